The molecule has 2 aliphatic carbocycles. The van der Waals surface area contributed by atoms with Crippen LogP contribution in [0.5, 0.6) is 11.5 Å². The molecule has 0 saturated carbocycles. The Bertz CT molecular complexity index is 4180. The molecule has 4 heteroatoms. The van der Waals surface area contributed by atoms with Gasteiger partial charge in [0.05, 0.1) is 27.9 Å². The van der Waals surface area contributed by atoms with Crippen molar-refractivity contribution < 1.29 is 4.74 Å². The van der Waals surface area contributed by atoms with E-state index in [1.165, 1.54) is 71.5 Å². The van der Waals surface area contributed by atoms with Crippen LogP contribution in [0.15, 0.2) is 237 Å². The smallest absolute Gasteiger partial charge is 0.160 e. The molecule has 338 valence electrons. The molecule has 4 nitrogen and oxygen atoms in total. The number of rotatable bonds is 5. The molecule has 1 unspecified atom stereocenters. The standard InChI is InChI=1S/C68H45N3O/c1-67(71-60-27-12-8-21-52(60)54-39-38-45-18-5-6-19-50(45)65(54)71)41-40-55-59(42-67)69-66(70-64(55)47-34-30-44(31-35-47)43-16-3-2-4-17-43)48-36-32-46(33-37-48)49-22-15-23-53-51-20-7-9-24-56(51)68(63(49)53)57-25-10-13-28-61(57)72-62-29-14-11-26-58(62)68/h2-41H,42H2,1H3. The van der Waals surface area contributed by atoms with Gasteiger partial charge in [0.2, 0.25) is 0 Å². The van der Waals surface area contributed by atoms with Crippen LogP contribution in [0.3, 0.4) is 0 Å². The fourth-order valence-electron chi connectivity index (χ4n) is 12.7. The Kier molecular flexibility index (Phi) is 8.74. The summed E-state index contributed by atoms with van der Waals surface area (Å²) >= 11 is 0. The zero-order valence-corrected chi connectivity index (χ0v) is 39.6. The zero-order valence-electron chi connectivity index (χ0n) is 39.6. The second-order valence-corrected chi connectivity index (χ2v) is 19.8. The maximum atomic E-state index is 6.68. The van der Waals surface area contributed by atoms with Crippen LogP contribution in [0, 0.1) is 0 Å². The lowest BCUT2D eigenvalue weighted by atomic mass is 9.64. The molecule has 3 heterocycles. The summed E-state index contributed by atoms with van der Waals surface area (Å²) in [7, 11) is 0. The Balaban J connectivity index is 0.896. The third-order valence-electron chi connectivity index (χ3n) is 15.8. The molecule has 1 spiro atoms. The van der Waals surface area contributed by atoms with Gasteiger partial charge in [-0.3, -0.25) is 0 Å². The first-order valence-corrected chi connectivity index (χ1v) is 24.9. The van der Waals surface area contributed by atoms with Crippen molar-refractivity contribution in [3.05, 3.63) is 270 Å². The van der Waals surface area contributed by atoms with Gasteiger partial charge in [0, 0.05) is 55.9 Å². The minimum absolute atomic E-state index is 0.439. The van der Waals surface area contributed by atoms with Gasteiger partial charge in [0.15, 0.2) is 5.82 Å². The van der Waals surface area contributed by atoms with Gasteiger partial charge in [0.25, 0.3) is 0 Å². The Morgan fingerprint density at radius 3 is 1.83 bits per heavy atom. The molecule has 2 aromatic heterocycles. The van der Waals surface area contributed by atoms with Gasteiger partial charge in [-0.15, -0.1) is 0 Å². The number of hydrogen-bond acceptors (Lipinski definition) is 3. The first-order valence-electron chi connectivity index (χ1n) is 24.9. The quantitative estimate of drug-likeness (QED) is 0.173. The average Bonchev–Trinajstić information content (AvgIpc) is 3.96. The van der Waals surface area contributed by atoms with E-state index in [1.807, 2.05) is 0 Å². The monoisotopic (exact) mass is 919 g/mol. The number of allylic oxidation sites excluding steroid dienone is 1. The molecule has 12 aromatic rings. The van der Waals surface area contributed by atoms with Crippen molar-refractivity contribution in [2.45, 2.75) is 24.3 Å². The number of fused-ring (bicyclic) bond motifs is 15. The van der Waals surface area contributed by atoms with E-state index >= 15 is 0 Å². The summed E-state index contributed by atoms with van der Waals surface area (Å²) in [5, 5.41) is 5.00. The lowest BCUT2D eigenvalue weighted by molar-refractivity contribution is 0.425. The van der Waals surface area contributed by atoms with Crippen LogP contribution in [-0.4, -0.2) is 14.5 Å². The lowest BCUT2D eigenvalue weighted by Crippen LogP contribution is -2.33. The van der Waals surface area contributed by atoms with Gasteiger partial charge in [-0.25, -0.2) is 9.97 Å². The number of hydrogen-bond donors (Lipinski definition) is 0. The van der Waals surface area contributed by atoms with Crippen molar-refractivity contribution >= 4 is 38.7 Å². The highest BCUT2D eigenvalue weighted by molar-refractivity contribution is 6.18. The zero-order chi connectivity index (χ0) is 47.5. The van der Waals surface area contributed by atoms with Crippen LogP contribution in [0.1, 0.15) is 40.4 Å². The third kappa shape index (κ3) is 5.81. The van der Waals surface area contributed by atoms with Crippen molar-refractivity contribution in [2.75, 3.05) is 0 Å². The number of ether oxygens (including phenoxy) is 1. The number of para-hydroxylation sites is 3. The van der Waals surface area contributed by atoms with Gasteiger partial charge in [0.1, 0.15) is 11.5 Å². The molecule has 1 aliphatic heterocycles. The third-order valence-corrected chi connectivity index (χ3v) is 15.8. The largest absolute Gasteiger partial charge is 0.457 e. The second kappa shape index (κ2) is 15.4. The predicted molar refractivity (Wildman–Crippen MR) is 294 cm³/mol. The van der Waals surface area contributed by atoms with E-state index in [2.05, 4.69) is 254 Å². The van der Waals surface area contributed by atoms with E-state index < -0.39 is 11.0 Å². The van der Waals surface area contributed by atoms with Crippen molar-refractivity contribution in [1.29, 1.82) is 0 Å². The van der Waals surface area contributed by atoms with E-state index in [1.54, 1.807) is 0 Å². The van der Waals surface area contributed by atoms with Crippen molar-refractivity contribution in [2.24, 2.45) is 0 Å². The molecule has 0 amide bonds. The van der Waals surface area contributed by atoms with Crippen LogP contribution in [-0.2, 0) is 17.4 Å². The molecular weight excluding hydrogens is 875 g/mol. The summed E-state index contributed by atoms with van der Waals surface area (Å²) in [5.74, 6) is 2.48. The highest BCUT2D eigenvalue weighted by Crippen LogP contribution is 2.63. The van der Waals surface area contributed by atoms with Gasteiger partial charge in [-0.05, 0) is 75.0 Å². The highest BCUT2D eigenvalue weighted by atomic mass is 16.5. The van der Waals surface area contributed by atoms with Gasteiger partial charge >= 0.3 is 0 Å². The first kappa shape index (κ1) is 40.7. The number of aromatic nitrogens is 3. The van der Waals surface area contributed by atoms with E-state index in [-0.39, 0.29) is 0 Å². The minimum Gasteiger partial charge on any atom is -0.457 e. The molecule has 0 fully saturated rings. The van der Waals surface area contributed by atoms with Gasteiger partial charge < -0.3 is 9.30 Å². The molecule has 0 radical (unpaired) electrons. The van der Waals surface area contributed by atoms with Crippen molar-refractivity contribution in [1.82, 2.24) is 14.5 Å². The Morgan fingerprint density at radius 1 is 0.444 bits per heavy atom. The van der Waals surface area contributed by atoms with Crippen LogP contribution >= 0.6 is 0 Å². The minimum atomic E-state index is -0.581. The second-order valence-electron chi connectivity index (χ2n) is 19.8. The van der Waals surface area contributed by atoms with Crippen LogP contribution in [0.4, 0.5) is 0 Å². The molecular formula is C68H45N3O. The molecule has 15 rings (SSSR count). The molecule has 3 aliphatic rings. The maximum absolute atomic E-state index is 6.68. The SMILES string of the molecule is CC1(n2c3ccccc3c3ccc4ccccc4c32)C=Cc2c(nc(-c3ccc(-c4cccc5c4C4(c6ccccc6Oc6ccccc64)c4ccccc4-5)cc3)nc2-c2ccc(-c3ccccc3)cc2)C1. The summed E-state index contributed by atoms with van der Waals surface area (Å²) in [5.41, 5.74) is 18.5. The van der Waals surface area contributed by atoms with Crippen LogP contribution in [0.25, 0.3) is 94.7 Å². The normalized spacial score (nSPS) is 15.7. The van der Waals surface area contributed by atoms with E-state index in [4.69, 9.17) is 14.7 Å². The highest BCUT2D eigenvalue weighted by Gasteiger charge is 2.52. The topological polar surface area (TPSA) is 39.9 Å². The van der Waals surface area contributed by atoms with Crippen molar-refractivity contribution in [3.8, 4) is 67.5 Å². The maximum Gasteiger partial charge on any atom is 0.160 e. The fourth-order valence-corrected chi connectivity index (χ4v) is 12.7. The van der Waals surface area contributed by atoms with E-state index in [0.29, 0.717) is 12.2 Å². The molecule has 0 N–H and O–H groups in total. The molecule has 72 heavy (non-hydrogen) atoms. The Labute approximate surface area is 417 Å². The molecule has 1 atom stereocenters. The van der Waals surface area contributed by atoms with Crippen LogP contribution in [0.2, 0.25) is 0 Å². The van der Waals surface area contributed by atoms with Crippen LogP contribution < -0.4 is 4.74 Å². The fraction of sp³-hybridized carbons (Fsp3) is 0.0588. The number of benzene rings is 10. The van der Waals surface area contributed by atoms with Gasteiger partial charge in [-0.2, -0.15) is 0 Å². The molecule has 10 aromatic carbocycles. The summed E-state index contributed by atoms with van der Waals surface area (Å²) in [6, 6.07) is 83.4. The van der Waals surface area contributed by atoms with E-state index in [0.717, 1.165) is 56.3 Å². The van der Waals surface area contributed by atoms with Gasteiger partial charge in [-0.1, -0.05) is 224 Å². The Morgan fingerprint density at radius 2 is 1.04 bits per heavy atom. The molecule has 0 bridgehead atoms. The summed E-state index contributed by atoms with van der Waals surface area (Å²) in [6.45, 7) is 2.36. The summed E-state index contributed by atoms with van der Waals surface area (Å²) in [6.07, 6.45) is 5.36. The molecule has 0 saturated heterocycles. The summed E-state index contributed by atoms with van der Waals surface area (Å²) < 4.78 is 9.25. The number of nitrogens with zero attached hydrogens (tertiary/aromatic N) is 3. The van der Waals surface area contributed by atoms with E-state index in [9.17, 15) is 0 Å². The summed E-state index contributed by atoms with van der Waals surface area (Å²) in [4.78, 5) is 11.1. The average molecular weight is 920 g/mol. The first-order chi connectivity index (χ1) is 35.5. The lowest BCUT2D eigenvalue weighted by Gasteiger charge is -2.40. The Hall–Kier alpha value is -9.12. The predicted octanol–water partition coefficient (Wildman–Crippen LogP) is 16.9. The van der Waals surface area contributed by atoms with Crippen molar-refractivity contribution in [3.63, 3.8) is 0 Å².